The molecule has 1 aromatic rings. The van der Waals surface area contributed by atoms with E-state index in [2.05, 4.69) is 15.9 Å². The molecule has 0 aliphatic rings. The van der Waals surface area contributed by atoms with Crippen LogP contribution in [-0.2, 0) is 0 Å². The lowest BCUT2D eigenvalue weighted by Gasteiger charge is -2.07. The zero-order chi connectivity index (χ0) is 11.3. The molecular formula is C11H13BrO2S. The number of ketones is 1. The summed E-state index contributed by atoms with van der Waals surface area (Å²) in [5.41, 5.74) is 0.662. The molecule has 0 heterocycles. The predicted molar refractivity (Wildman–Crippen MR) is 68.0 cm³/mol. The number of carbonyl (C=O) groups excluding carboxylic acids is 1. The van der Waals surface area contributed by atoms with Crippen molar-refractivity contribution in [2.75, 3.05) is 19.1 Å². The number of halogens is 1. The van der Waals surface area contributed by atoms with Gasteiger partial charge in [0.2, 0.25) is 0 Å². The molecule has 2 nitrogen and oxygen atoms in total. The van der Waals surface area contributed by atoms with Crippen molar-refractivity contribution < 1.29 is 9.53 Å². The number of thioether (sulfide) groups is 1. The average Bonchev–Trinajstić information content (AvgIpc) is 2.25. The average molecular weight is 289 g/mol. The zero-order valence-corrected chi connectivity index (χ0v) is 11.2. The fourth-order valence-corrected chi connectivity index (χ4v) is 1.95. The van der Waals surface area contributed by atoms with Crippen molar-refractivity contribution in [2.45, 2.75) is 6.42 Å². The van der Waals surface area contributed by atoms with Gasteiger partial charge in [-0.25, -0.2) is 0 Å². The van der Waals surface area contributed by atoms with E-state index in [0.29, 0.717) is 17.7 Å². The van der Waals surface area contributed by atoms with Gasteiger partial charge >= 0.3 is 0 Å². The second-order valence-corrected chi connectivity index (χ2v) is 4.91. The van der Waals surface area contributed by atoms with Crippen LogP contribution in [0.3, 0.4) is 0 Å². The van der Waals surface area contributed by atoms with Gasteiger partial charge in [0.15, 0.2) is 5.78 Å². The monoisotopic (exact) mass is 288 g/mol. The number of Topliss-reactive ketones (excluding diaryl/α,β-unsaturated/α-hetero) is 1. The maximum Gasteiger partial charge on any atom is 0.167 e. The van der Waals surface area contributed by atoms with E-state index < -0.39 is 0 Å². The van der Waals surface area contributed by atoms with E-state index in [1.54, 1.807) is 24.9 Å². The van der Waals surface area contributed by atoms with E-state index in [0.717, 1.165) is 10.2 Å². The molecule has 0 radical (unpaired) electrons. The summed E-state index contributed by atoms with van der Waals surface area (Å²) in [4.78, 5) is 11.8. The van der Waals surface area contributed by atoms with Crippen LogP contribution in [0.2, 0.25) is 0 Å². The fraction of sp³-hybridized carbons (Fsp3) is 0.364. The van der Waals surface area contributed by atoms with E-state index in [1.807, 2.05) is 18.4 Å². The molecule has 0 unspecified atom stereocenters. The molecule has 0 aromatic heterocycles. The number of ether oxygens (including phenoxy) is 1. The van der Waals surface area contributed by atoms with Gasteiger partial charge in [-0.3, -0.25) is 4.79 Å². The zero-order valence-electron chi connectivity index (χ0n) is 8.75. The minimum absolute atomic E-state index is 0.133. The molecule has 82 valence electrons. The molecule has 0 amide bonds. The number of rotatable bonds is 5. The van der Waals surface area contributed by atoms with Gasteiger partial charge in [0.05, 0.1) is 12.7 Å². The van der Waals surface area contributed by atoms with Crippen molar-refractivity contribution in [1.29, 1.82) is 0 Å². The molecule has 0 atom stereocenters. The van der Waals surface area contributed by atoms with E-state index >= 15 is 0 Å². The Labute approximate surface area is 103 Å². The summed E-state index contributed by atoms with van der Waals surface area (Å²) in [7, 11) is 1.58. The summed E-state index contributed by atoms with van der Waals surface area (Å²) in [6.45, 7) is 0. The highest BCUT2D eigenvalue weighted by molar-refractivity contribution is 9.10. The normalized spacial score (nSPS) is 10.1. The minimum Gasteiger partial charge on any atom is -0.496 e. The van der Waals surface area contributed by atoms with Gasteiger partial charge in [-0.2, -0.15) is 11.8 Å². The van der Waals surface area contributed by atoms with Crippen molar-refractivity contribution >= 4 is 33.5 Å². The Bertz CT molecular complexity index is 352. The van der Waals surface area contributed by atoms with Crippen LogP contribution in [0.1, 0.15) is 16.8 Å². The van der Waals surface area contributed by atoms with Gasteiger partial charge in [0, 0.05) is 16.6 Å². The summed E-state index contributed by atoms with van der Waals surface area (Å²) in [5, 5.41) is 0. The van der Waals surface area contributed by atoms with Gasteiger partial charge in [0.1, 0.15) is 5.75 Å². The van der Waals surface area contributed by atoms with Crippen LogP contribution in [0.15, 0.2) is 22.7 Å². The third kappa shape index (κ3) is 3.54. The first-order valence-electron chi connectivity index (χ1n) is 4.54. The first kappa shape index (κ1) is 12.6. The quantitative estimate of drug-likeness (QED) is 0.777. The molecular weight excluding hydrogens is 276 g/mol. The van der Waals surface area contributed by atoms with Crippen LogP contribution in [-0.4, -0.2) is 24.9 Å². The highest BCUT2D eigenvalue weighted by atomic mass is 79.9. The maximum absolute atomic E-state index is 11.8. The van der Waals surface area contributed by atoms with Crippen molar-refractivity contribution in [3.05, 3.63) is 28.2 Å². The number of benzene rings is 1. The van der Waals surface area contributed by atoms with E-state index in [4.69, 9.17) is 4.74 Å². The summed E-state index contributed by atoms with van der Waals surface area (Å²) in [6, 6.07) is 5.47. The topological polar surface area (TPSA) is 26.3 Å². The van der Waals surface area contributed by atoms with Crippen LogP contribution in [0.25, 0.3) is 0 Å². The van der Waals surface area contributed by atoms with Gasteiger partial charge < -0.3 is 4.74 Å². The number of hydrogen-bond donors (Lipinski definition) is 0. The molecule has 0 fully saturated rings. The molecule has 4 heteroatoms. The first-order valence-corrected chi connectivity index (χ1v) is 6.73. The Morgan fingerprint density at radius 2 is 2.27 bits per heavy atom. The predicted octanol–water partition coefficient (Wildman–Crippen LogP) is 3.39. The Hall–Kier alpha value is -0.480. The van der Waals surface area contributed by atoms with Gasteiger partial charge in [0.25, 0.3) is 0 Å². The SMILES string of the molecule is COc1cc(Br)ccc1C(=O)CCSC. The summed E-state index contributed by atoms with van der Waals surface area (Å²) >= 11 is 5.01. The molecule has 0 aliphatic carbocycles. The van der Waals surface area contributed by atoms with Crippen molar-refractivity contribution in [3.8, 4) is 5.75 Å². The van der Waals surface area contributed by atoms with Gasteiger partial charge in [-0.05, 0) is 24.5 Å². The maximum atomic E-state index is 11.8. The van der Waals surface area contributed by atoms with Crippen LogP contribution < -0.4 is 4.74 Å². The summed E-state index contributed by atoms with van der Waals surface area (Å²) in [5.74, 6) is 1.61. The Morgan fingerprint density at radius 3 is 2.87 bits per heavy atom. The molecule has 0 aliphatic heterocycles. The van der Waals surface area contributed by atoms with Crippen LogP contribution in [0.4, 0.5) is 0 Å². The third-order valence-electron chi connectivity index (χ3n) is 2.00. The molecule has 0 N–H and O–H groups in total. The lowest BCUT2D eigenvalue weighted by Crippen LogP contribution is -2.03. The van der Waals surface area contributed by atoms with Crippen LogP contribution in [0.5, 0.6) is 5.75 Å². The molecule has 0 saturated carbocycles. The first-order chi connectivity index (χ1) is 7.19. The number of carbonyl (C=O) groups is 1. The van der Waals surface area contributed by atoms with E-state index in [1.165, 1.54) is 0 Å². The summed E-state index contributed by atoms with van der Waals surface area (Å²) in [6.07, 6.45) is 2.55. The second kappa shape index (κ2) is 6.18. The van der Waals surface area contributed by atoms with E-state index in [9.17, 15) is 4.79 Å². The minimum atomic E-state index is 0.133. The molecule has 15 heavy (non-hydrogen) atoms. The van der Waals surface area contributed by atoms with Gasteiger partial charge in [-0.1, -0.05) is 15.9 Å². The standard InChI is InChI=1S/C11H13BrO2S/c1-14-11-7-8(12)3-4-9(11)10(13)5-6-15-2/h3-4,7H,5-6H2,1-2H3. The highest BCUT2D eigenvalue weighted by Crippen LogP contribution is 2.24. The summed E-state index contributed by atoms with van der Waals surface area (Å²) < 4.78 is 6.09. The second-order valence-electron chi connectivity index (χ2n) is 3.01. The number of hydrogen-bond acceptors (Lipinski definition) is 3. The van der Waals surface area contributed by atoms with Crippen molar-refractivity contribution in [1.82, 2.24) is 0 Å². The fourth-order valence-electron chi connectivity index (χ4n) is 1.22. The third-order valence-corrected chi connectivity index (χ3v) is 3.10. The molecule has 1 aromatic carbocycles. The van der Waals surface area contributed by atoms with Crippen LogP contribution in [0, 0.1) is 0 Å². The number of methoxy groups -OCH3 is 1. The molecule has 0 bridgehead atoms. The van der Waals surface area contributed by atoms with Crippen molar-refractivity contribution in [3.63, 3.8) is 0 Å². The van der Waals surface area contributed by atoms with Gasteiger partial charge in [-0.15, -0.1) is 0 Å². The lowest BCUT2D eigenvalue weighted by molar-refractivity contribution is 0.0986. The largest absolute Gasteiger partial charge is 0.496 e. The lowest BCUT2D eigenvalue weighted by atomic mass is 10.1. The molecule has 0 saturated heterocycles. The Balaban J connectivity index is 2.87. The highest BCUT2D eigenvalue weighted by Gasteiger charge is 2.11. The Kier molecular flexibility index (Phi) is 5.19. The smallest absolute Gasteiger partial charge is 0.167 e. The van der Waals surface area contributed by atoms with E-state index in [-0.39, 0.29) is 5.78 Å². The van der Waals surface area contributed by atoms with Crippen LogP contribution >= 0.6 is 27.7 Å². The molecule has 0 spiro atoms. The Morgan fingerprint density at radius 1 is 1.53 bits per heavy atom. The van der Waals surface area contributed by atoms with Crippen molar-refractivity contribution in [2.24, 2.45) is 0 Å². The molecule has 1 rings (SSSR count).